The van der Waals surface area contributed by atoms with Crippen LogP contribution in [0.2, 0.25) is 0 Å². The molecule has 2 heterocycles. The van der Waals surface area contributed by atoms with Gasteiger partial charge in [0.2, 0.25) is 5.91 Å². The lowest BCUT2D eigenvalue weighted by Gasteiger charge is -2.23. The third kappa shape index (κ3) is 5.29. The van der Waals surface area contributed by atoms with E-state index >= 15 is 0 Å². The van der Waals surface area contributed by atoms with Gasteiger partial charge in [0.05, 0.1) is 11.6 Å². The zero-order valence-electron chi connectivity index (χ0n) is 17.8. The average molecular weight is 415 g/mol. The summed E-state index contributed by atoms with van der Waals surface area (Å²) in [5, 5.41) is 3.54. The second-order valence-electron chi connectivity index (χ2n) is 8.34. The maximum atomic E-state index is 12.5. The molecule has 3 aromatic rings. The van der Waals surface area contributed by atoms with E-state index in [0.29, 0.717) is 0 Å². The molecular weight excluding hydrogens is 384 g/mol. The van der Waals surface area contributed by atoms with Gasteiger partial charge in [-0.25, -0.2) is 4.98 Å². The summed E-state index contributed by atoms with van der Waals surface area (Å²) in [7, 11) is 0. The first-order valence-corrected chi connectivity index (χ1v) is 11.2. The molecule has 160 valence electrons. The number of amides is 1. The summed E-state index contributed by atoms with van der Waals surface area (Å²) in [5.74, 6) is 0.498. The molecule has 0 spiro atoms. The Labute approximate surface area is 184 Å². The van der Waals surface area contributed by atoms with Gasteiger partial charge in [0.25, 0.3) is 0 Å². The number of primary amides is 1. The van der Waals surface area contributed by atoms with E-state index in [4.69, 9.17) is 10.7 Å². The molecule has 1 aliphatic rings. The Hall–Kier alpha value is -3.21. The molecule has 1 atom stereocenters. The third-order valence-electron chi connectivity index (χ3n) is 6.18. The van der Waals surface area contributed by atoms with Crippen LogP contribution in [-0.2, 0) is 4.79 Å². The Morgan fingerprint density at radius 3 is 2.55 bits per heavy atom. The Kier molecular flexibility index (Phi) is 6.92. The van der Waals surface area contributed by atoms with E-state index in [-0.39, 0.29) is 0 Å². The first kappa shape index (κ1) is 21.0. The van der Waals surface area contributed by atoms with Gasteiger partial charge in [-0.1, -0.05) is 74.6 Å². The molecular formula is C26H30N4O. The molecule has 0 aliphatic heterocycles. The van der Waals surface area contributed by atoms with Gasteiger partial charge in [-0.3, -0.25) is 9.78 Å². The van der Waals surface area contributed by atoms with Gasteiger partial charge in [-0.2, -0.15) is 0 Å². The van der Waals surface area contributed by atoms with Crippen molar-refractivity contribution >= 4 is 11.7 Å². The van der Waals surface area contributed by atoms with Crippen molar-refractivity contribution in [1.29, 1.82) is 0 Å². The fourth-order valence-corrected chi connectivity index (χ4v) is 4.53. The van der Waals surface area contributed by atoms with Gasteiger partial charge in [-0.15, -0.1) is 0 Å². The van der Waals surface area contributed by atoms with Crippen molar-refractivity contribution < 1.29 is 4.79 Å². The first-order valence-electron chi connectivity index (χ1n) is 11.2. The minimum absolute atomic E-state index is 0.405. The van der Waals surface area contributed by atoms with Gasteiger partial charge >= 0.3 is 0 Å². The Morgan fingerprint density at radius 1 is 1.03 bits per heavy atom. The van der Waals surface area contributed by atoms with E-state index in [1.807, 2.05) is 54.6 Å². The van der Waals surface area contributed by atoms with Crippen molar-refractivity contribution in [2.45, 2.75) is 44.4 Å². The number of aromatic nitrogens is 2. The van der Waals surface area contributed by atoms with Crippen LogP contribution < -0.4 is 11.1 Å². The Morgan fingerprint density at radius 2 is 1.84 bits per heavy atom. The third-order valence-corrected chi connectivity index (χ3v) is 6.18. The number of anilines is 1. The summed E-state index contributed by atoms with van der Waals surface area (Å²) < 4.78 is 0. The van der Waals surface area contributed by atoms with Crippen LogP contribution in [-0.4, -0.2) is 22.4 Å². The quantitative estimate of drug-likeness (QED) is 0.534. The van der Waals surface area contributed by atoms with E-state index in [0.717, 1.165) is 47.1 Å². The van der Waals surface area contributed by atoms with Gasteiger partial charge in [0.15, 0.2) is 0 Å². The lowest BCUT2D eigenvalue weighted by atomic mass is 9.87. The zero-order valence-corrected chi connectivity index (χ0v) is 17.8. The molecule has 2 aromatic heterocycles. The summed E-state index contributed by atoms with van der Waals surface area (Å²) in [6.07, 6.45) is 11.2. The fourth-order valence-electron chi connectivity index (χ4n) is 4.53. The summed E-state index contributed by atoms with van der Waals surface area (Å²) in [5.41, 5.74) is 9.33. The monoisotopic (exact) mass is 414 g/mol. The SMILES string of the molecule is NC(=O)C(c1cccnc1)c1ccc(-c2ccccc2)nc1NCCC1CCCCC1. The molecule has 1 aliphatic carbocycles. The standard InChI is InChI=1S/C26H30N4O/c27-25(31)24(21-12-7-16-28-18-21)22-13-14-23(20-10-5-2-6-11-20)30-26(22)29-17-15-19-8-3-1-4-9-19/h2,5-7,10-14,16,18-19,24H,1,3-4,8-9,15,17H2,(H2,27,31)(H,29,30). The van der Waals surface area contributed by atoms with E-state index < -0.39 is 11.8 Å². The van der Waals surface area contributed by atoms with Crippen LogP contribution >= 0.6 is 0 Å². The molecule has 4 rings (SSSR count). The molecule has 3 N–H and O–H groups in total. The number of pyridine rings is 2. The average Bonchev–Trinajstić information content (AvgIpc) is 2.82. The van der Waals surface area contributed by atoms with E-state index in [1.54, 1.807) is 12.4 Å². The van der Waals surface area contributed by atoms with Crippen molar-refractivity contribution in [2.75, 3.05) is 11.9 Å². The number of rotatable bonds is 8. The summed E-state index contributed by atoms with van der Waals surface area (Å²) in [6.45, 7) is 0.835. The predicted molar refractivity (Wildman–Crippen MR) is 125 cm³/mol. The van der Waals surface area contributed by atoms with Crippen molar-refractivity contribution in [2.24, 2.45) is 11.7 Å². The molecule has 5 nitrogen and oxygen atoms in total. The second-order valence-corrected chi connectivity index (χ2v) is 8.34. The van der Waals surface area contributed by atoms with Crippen molar-refractivity contribution in [3.8, 4) is 11.3 Å². The molecule has 31 heavy (non-hydrogen) atoms. The molecule has 1 saturated carbocycles. The topological polar surface area (TPSA) is 80.9 Å². The number of hydrogen-bond acceptors (Lipinski definition) is 4. The molecule has 0 bridgehead atoms. The van der Waals surface area contributed by atoms with Crippen molar-refractivity contribution in [1.82, 2.24) is 9.97 Å². The largest absolute Gasteiger partial charge is 0.370 e. The normalized spacial score (nSPS) is 15.4. The minimum Gasteiger partial charge on any atom is -0.370 e. The Bertz CT molecular complexity index is 985. The van der Waals surface area contributed by atoms with E-state index in [2.05, 4.69) is 10.3 Å². The van der Waals surface area contributed by atoms with Crippen LogP contribution in [0.1, 0.15) is 55.6 Å². The molecule has 0 saturated heterocycles. The summed E-state index contributed by atoms with van der Waals surface area (Å²) >= 11 is 0. The lowest BCUT2D eigenvalue weighted by molar-refractivity contribution is -0.118. The van der Waals surface area contributed by atoms with Gasteiger partial charge < -0.3 is 11.1 Å². The summed E-state index contributed by atoms with van der Waals surface area (Å²) in [6, 6.07) is 17.7. The van der Waals surface area contributed by atoms with Crippen LogP contribution in [0.4, 0.5) is 5.82 Å². The van der Waals surface area contributed by atoms with Crippen LogP contribution in [0.5, 0.6) is 0 Å². The number of nitrogens with two attached hydrogens (primary N) is 1. The van der Waals surface area contributed by atoms with Crippen LogP contribution in [0.25, 0.3) is 11.3 Å². The maximum Gasteiger partial charge on any atom is 0.229 e. The number of benzene rings is 1. The van der Waals surface area contributed by atoms with Gasteiger partial charge in [0, 0.05) is 30.1 Å². The van der Waals surface area contributed by atoms with E-state index in [1.165, 1.54) is 32.1 Å². The smallest absolute Gasteiger partial charge is 0.229 e. The van der Waals surface area contributed by atoms with Crippen molar-refractivity contribution in [3.05, 3.63) is 78.1 Å². The predicted octanol–water partition coefficient (Wildman–Crippen LogP) is 5.14. The minimum atomic E-state index is -0.594. The number of carbonyl (C=O) groups excluding carboxylic acids is 1. The number of nitrogens with zero attached hydrogens (tertiary/aromatic N) is 2. The maximum absolute atomic E-state index is 12.5. The highest BCUT2D eigenvalue weighted by Crippen LogP contribution is 2.32. The molecule has 1 unspecified atom stereocenters. The van der Waals surface area contributed by atoms with Gasteiger partial charge in [-0.05, 0) is 30.0 Å². The highest BCUT2D eigenvalue weighted by molar-refractivity contribution is 5.87. The molecule has 1 aromatic carbocycles. The number of hydrogen-bond donors (Lipinski definition) is 2. The van der Waals surface area contributed by atoms with Crippen LogP contribution in [0.3, 0.4) is 0 Å². The number of nitrogens with one attached hydrogen (secondary N) is 1. The highest BCUT2D eigenvalue weighted by Gasteiger charge is 2.25. The van der Waals surface area contributed by atoms with Crippen LogP contribution in [0, 0.1) is 5.92 Å². The molecule has 1 fully saturated rings. The molecule has 0 radical (unpaired) electrons. The zero-order chi connectivity index (χ0) is 21.5. The Balaban J connectivity index is 1.64. The molecule has 1 amide bonds. The molecule has 5 heteroatoms. The fraction of sp³-hybridized carbons (Fsp3) is 0.346. The number of carbonyl (C=O) groups is 1. The van der Waals surface area contributed by atoms with E-state index in [9.17, 15) is 4.79 Å². The second kappa shape index (κ2) is 10.2. The summed E-state index contributed by atoms with van der Waals surface area (Å²) in [4.78, 5) is 21.6. The lowest BCUT2D eigenvalue weighted by Crippen LogP contribution is -2.24. The van der Waals surface area contributed by atoms with Crippen LogP contribution in [0.15, 0.2) is 67.0 Å². The highest BCUT2D eigenvalue weighted by atomic mass is 16.1. The van der Waals surface area contributed by atoms with Gasteiger partial charge in [0.1, 0.15) is 5.82 Å². The first-order chi connectivity index (χ1) is 15.2. The van der Waals surface area contributed by atoms with Crippen molar-refractivity contribution in [3.63, 3.8) is 0 Å².